The van der Waals surface area contributed by atoms with Crippen molar-refractivity contribution in [1.82, 2.24) is 0 Å². The van der Waals surface area contributed by atoms with E-state index in [-0.39, 0.29) is 33.5 Å². The zero-order chi connectivity index (χ0) is 25.7. The highest BCUT2D eigenvalue weighted by Gasteiger charge is 2.39. The lowest BCUT2D eigenvalue weighted by atomic mass is 10.0. The first-order chi connectivity index (χ1) is 17.2. The number of carbonyl (C=O) groups is 4. The fourth-order valence-corrected chi connectivity index (χ4v) is 4.50. The number of hydrogen-bond donors (Lipinski definition) is 2. The first-order valence-electron chi connectivity index (χ1n) is 10.7. The van der Waals surface area contributed by atoms with Crippen molar-refractivity contribution in [3.05, 3.63) is 93.0 Å². The van der Waals surface area contributed by atoms with Crippen LogP contribution in [0.5, 0.6) is 0 Å². The van der Waals surface area contributed by atoms with Crippen LogP contribution in [0.1, 0.15) is 63.7 Å². The smallest absolute Gasteiger partial charge is 0.335 e. The zero-order valence-corrected chi connectivity index (χ0v) is 18.6. The molecule has 0 saturated heterocycles. The van der Waals surface area contributed by atoms with Gasteiger partial charge in [0.25, 0.3) is 11.8 Å². The maximum Gasteiger partial charge on any atom is 0.335 e. The summed E-state index contributed by atoms with van der Waals surface area (Å²) in [5, 5.41) is 18.8. The molecule has 0 saturated carbocycles. The van der Waals surface area contributed by atoms with E-state index in [1.807, 2.05) is 4.90 Å². The second kappa shape index (κ2) is 8.15. The minimum absolute atomic E-state index is 0.0647. The topological polar surface area (TPSA) is 115 Å². The van der Waals surface area contributed by atoms with Crippen molar-refractivity contribution < 1.29 is 29.4 Å². The SMILES string of the molecule is C#Cc1cc(C(=O)O)cc(N2Cc3cc4c(cc3C2)C(=O)N(c2cc(C#C)cc(C(=O)O)c2)C4=O)c1. The Balaban J connectivity index is 1.50. The van der Waals surface area contributed by atoms with E-state index in [0.29, 0.717) is 24.3 Å². The number of fused-ring (bicyclic) bond motifs is 2. The fourth-order valence-electron chi connectivity index (χ4n) is 4.50. The molecule has 0 spiro atoms. The van der Waals surface area contributed by atoms with Gasteiger partial charge in [-0.2, -0.15) is 0 Å². The summed E-state index contributed by atoms with van der Waals surface area (Å²) in [5.74, 6) is 1.32. The highest BCUT2D eigenvalue weighted by Crippen LogP contribution is 2.36. The monoisotopic (exact) mass is 476 g/mol. The summed E-state index contributed by atoms with van der Waals surface area (Å²) in [5.41, 5.74) is 3.31. The average molecular weight is 476 g/mol. The Morgan fingerprint density at radius 3 is 1.58 bits per heavy atom. The van der Waals surface area contributed by atoms with Crippen LogP contribution >= 0.6 is 0 Å². The van der Waals surface area contributed by atoms with Gasteiger partial charge in [0.15, 0.2) is 0 Å². The van der Waals surface area contributed by atoms with Gasteiger partial charge in [0, 0.05) is 29.9 Å². The van der Waals surface area contributed by atoms with Gasteiger partial charge in [0.2, 0.25) is 0 Å². The van der Waals surface area contributed by atoms with Crippen LogP contribution in [0.15, 0.2) is 48.5 Å². The number of benzene rings is 3. The molecule has 0 radical (unpaired) electrons. The second-order valence-electron chi connectivity index (χ2n) is 8.40. The molecule has 2 aliphatic heterocycles. The lowest BCUT2D eigenvalue weighted by molar-refractivity contribution is 0.0686. The number of nitrogens with zero attached hydrogens (tertiary/aromatic N) is 2. The largest absolute Gasteiger partial charge is 0.478 e. The first-order valence-corrected chi connectivity index (χ1v) is 10.7. The molecule has 0 atom stereocenters. The van der Waals surface area contributed by atoms with Crippen molar-refractivity contribution in [3.8, 4) is 24.7 Å². The van der Waals surface area contributed by atoms with Gasteiger partial charge in [-0.1, -0.05) is 11.8 Å². The molecule has 174 valence electrons. The van der Waals surface area contributed by atoms with Gasteiger partial charge in [0.05, 0.1) is 27.9 Å². The van der Waals surface area contributed by atoms with Crippen LogP contribution in [-0.4, -0.2) is 34.0 Å². The molecular formula is C28H16N2O6. The van der Waals surface area contributed by atoms with E-state index < -0.39 is 23.8 Å². The summed E-state index contributed by atoms with van der Waals surface area (Å²) in [6, 6.07) is 11.9. The van der Waals surface area contributed by atoms with E-state index in [0.717, 1.165) is 16.0 Å². The summed E-state index contributed by atoms with van der Waals surface area (Å²) < 4.78 is 0. The Bertz CT molecular complexity index is 1580. The molecular weight excluding hydrogens is 460 g/mol. The van der Waals surface area contributed by atoms with Gasteiger partial charge < -0.3 is 15.1 Å². The maximum absolute atomic E-state index is 13.2. The van der Waals surface area contributed by atoms with Crippen molar-refractivity contribution in [1.29, 1.82) is 0 Å². The van der Waals surface area contributed by atoms with Crippen molar-refractivity contribution in [2.45, 2.75) is 13.1 Å². The lowest BCUT2D eigenvalue weighted by Crippen LogP contribution is -2.29. The molecule has 0 unspecified atom stereocenters. The van der Waals surface area contributed by atoms with Gasteiger partial charge in [-0.25, -0.2) is 14.5 Å². The Kier molecular flexibility index (Phi) is 5.09. The molecule has 2 N–H and O–H groups in total. The Labute approximate surface area is 205 Å². The summed E-state index contributed by atoms with van der Waals surface area (Å²) in [6.07, 6.45) is 10.9. The van der Waals surface area contributed by atoms with E-state index in [1.54, 1.807) is 18.2 Å². The van der Waals surface area contributed by atoms with E-state index in [1.165, 1.54) is 30.3 Å². The van der Waals surface area contributed by atoms with Gasteiger partial charge >= 0.3 is 11.9 Å². The molecule has 2 heterocycles. The van der Waals surface area contributed by atoms with E-state index in [4.69, 9.17) is 12.8 Å². The van der Waals surface area contributed by atoms with Gasteiger partial charge in [-0.05, 0) is 59.7 Å². The summed E-state index contributed by atoms with van der Waals surface area (Å²) in [7, 11) is 0. The number of hydrogen-bond acceptors (Lipinski definition) is 5. The number of terminal acetylenes is 2. The lowest BCUT2D eigenvalue weighted by Gasteiger charge is -2.19. The van der Waals surface area contributed by atoms with Crippen molar-refractivity contribution >= 4 is 35.1 Å². The molecule has 0 bridgehead atoms. The van der Waals surface area contributed by atoms with Gasteiger partial charge in [-0.3, -0.25) is 9.59 Å². The Morgan fingerprint density at radius 1 is 0.694 bits per heavy atom. The molecule has 8 heteroatoms. The molecule has 0 aliphatic carbocycles. The molecule has 3 aromatic rings. The molecule has 2 aliphatic rings. The standard InChI is InChI=1S/C28H16N2O6/c1-3-15-5-17(27(33)34)9-21(7-15)29-13-19-11-23-24(12-20(19)14-29)26(32)30(25(23)31)22-8-16(4-2)6-18(10-22)28(35)36/h1-2,5-12H,13-14H2,(H,33,34)(H,35,36). The normalized spacial score (nSPS) is 13.7. The van der Waals surface area contributed by atoms with Crippen LogP contribution < -0.4 is 9.80 Å². The highest BCUT2D eigenvalue weighted by atomic mass is 16.4. The maximum atomic E-state index is 13.2. The molecule has 0 aromatic heterocycles. The first kappa shape index (κ1) is 22.5. The van der Waals surface area contributed by atoms with E-state index in [9.17, 15) is 29.4 Å². The molecule has 8 nitrogen and oxygen atoms in total. The highest BCUT2D eigenvalue weighted by molar-refractivity contribution is 6.34. The second-order valence-corrected chi connectivity index (χ2v) is 8.40. The third-order valence-electron chi connectivity index (χ3n) is 6.22. The Morgan fingerprint density at radius 2 is 1.14 bits per heavy atom. The summed E-state index contributed by atoms with van der Waals surface area (Å²) in [6.45, 7) is 0.764. The zero-order valence-electron chi connectivity index (χ0n) is 18.6. The van der Waals surface area contributed by atoms with Gasteiger partial charge in [-0.15, -0.1) is 12.8 Å². The van der Waals surface area contributed by atoms with Crippen molar-refractivity contribution in [3.63, 3.8) is 0 Å². The molecule has 2 amide bonds. The predicted molar refractivity (Wildman–Crippen MR) is 130 cm³/mol. The van der Waals surface area contributed by atoms with Crippen LogP contribution in [0.4, 0.5) is 11.4 Å². The minimum atomic E-state index is -1.23. The number of aromatic carboxylic acids is 2. The predicted octanol–water partition coefficient (Wildman–Crippen LogP) is 3.37. The van der Waals surface area contributed by atoms with Crippen LogP contribution in [0, 0.1) is 24.7 Å². The quantitative estimate of drug-likeness (QED) is 0.438. The number of amides is 2. The van der Waals surface area contributed by atoms with E-state index >= 15 is 0 Å². The molecule has 0 fully saturated rings. The van der Waals surface area contributed by atoms with Crippen LogP contribution in [-0.2, 0) is 13.1 Å². The average Bonchev–Trinajstić information content (AvgIpc) is 3.40. The summed E-state index contributed by atoms with van der Waals surface area (Å²) >= 11 is 0. The van der Waals surface area contributed by atoms with Crippen LogP contribution in [0.25, 0.3) is 0 Å². The van der Waals surface area contributed by atoms with Gasteiger partial charge in [0.1, 0.15) is 0 Å². The van der Waals surface area contributed by atoms with Crippen molar-refractivity contribution in [2.75, 3.05) is 9.80 Å². The summed E-state index contributed by atoms with van der Waals surface area (Å²) in [4.78, 5) is 52.3. The van der Waals surface area contributed by atoms with Crippen LogP contribution in [0.2, 0.25) is 0 Å². The molecule has 3 aromatic carbocycles. The third kappa shape index (κ3) is 3.54. The number of carboxylic acids is 2. The number of anilines is 2. The van der Waals surface area contributed by atoms with E-state index in [2.05, 4.69) is 11.8 Å². The minimum Gasteiger partial charge on any atom is -0.478 e. The van der Waals surface area contributed by atoms with Crippen molar-refractivity contribution in [2.24, 2.45) is 0 Å². The number of rotatable bonds is 4. The number of carbonyl (C=O) groups excluding carboxylic acids is 2. The Hall–Kier alpha value is -5.34. The fraction of sp³-hybridized carbons (Fsp3) is 0.0714. The van der Waals surface area contributed by atoms with Crippen LogP contribution in [0.3, 0.4) is 0 Å². The third-order valence-corrected chi connectivity index (χ3v) is 6.22. The molecule has 36 heavy (non-hydrogen) atoms. The number of imide groups is 1. The number of carboxylic acid groups (broad SMARTS) is 2. The molecule has 5 rings (SSSR count).